The van der Waals surface area contributed by atoms with E-state index in [0.29, 0.717) is 54.5 Å². The smallest absolute Gasteiger partial charge is 0.257 e. The largest absolute Gasteiger partial charge is 0.545 e. The molecule has 0 bridgehead atoms. The van der Waals surface area contributed by atoms with Crippen LogP contribution in [0.2, 0.25) is 5.02 Å². The van der Waals surface area contributed by atoms with Gasteiger partial charge in [0.25, 0.3) is 5.91 Å². The molecule has 0 radical (unpaired) electrons. The zero-order valence-electron chi connectivity index (χ0n) is 18.7. The number of nitrogens with zero attached hydrogens (tertiary/aromatic N) is 3. The number of aryl methyl sites for hydroxylation is 1. The average molecular weight is 516 g/mol. The van der Waals surface area contributed by atoms with Crippen LogP contribution in [0.5, 0.6) is 0 Å². The van der Waals surface area contributed by atoms with Crippen LogP contribution >= 0.6 is 23.8 Å². The Balaban J connectivity index is 1.50. The fourth-order valence-corrected chi connectivity index (χ4v) is 4.45. The molecule has 2 aromatic carbocycles. The van der Waals surface area contributed by atoms with Crippen molar-refractivity contribution >= 4 is 57.4 Å². The van der Waals surface area contributed by atoms with Gasteiger partial charge in [0.1, 0.15) is 5.82 Å². The number of halogens is 2. The summed E-state index contributed by atoms with van der Waals surface area (Å²) in [6, 6.07) is 9.08. The molecule has 1 saturated heterocycles. The molecule has 1 aromatic heterocycles. The monoisotopic (exact) mass is 515 g/mol. The number of rotatable bonds is 4. The summed E-state index contributed by atoms with van der Waals surface area (Å²) >= 11 is 11.2. The molecule has 3 aromatic rings. The quantitative estimate of drug-likeness (QED) is 0.531. The number of thiocarbonyl (C=S) groups is 1. The number of amides is 1. The molecule has 1 fully saturated rings. The molecule has 11 heteroatoms. The molecule has 1 amide bonds. The Morgan fingerprint density at radius 3 is 2.40 bits per heavy atom. The van der Waals surface area contributed by atoms with E-state index in [0.717, 1.165) is 6.07 Å². The summed E-state index contributed by atoms with van der Waals surface area (Å²) in [6.07, 6.45) is 1.22. The number of carbonyl (C=O) groups excluding carboxylic acids is 2. The standard InChI is InChI=1S/C24H22ClFN4O4S/c1-2-28-13-17(23(33)34)21(31)16-11-18(26)20(12-19(16)28)29-7-9-30(10-8-29)24(35)27-22(32)14-3-5-15(25)6-4-14/h3-6,11-13H,2,7-10H2,1H3,(H,33,34)(H,27,32,35)/p-1. The second-order valence-corrected chi connectivity index (χ2v) is 8.83. The van der Waals surface area contributed by atoms with Gasteiger partial charge in [-0.15, -0.1) is 0 Å². The number of anilines is 1. The number of carboxylic acid groups (broad SMARTS) is 1. The first-order valence-electron chi connectivity index (χ1n) is 10.9. The van der Waals surface area contributed by atoms with Crippen molar-refractivity contribution in [3.05, 3.63) is 74.8 Å². The van der Waals surface area contributed by atoms with E-state index in [4.69, 9.17) is 23.8 Å². The number of nitrogens with one attached hydrogen (secondary N) is 1. The van der Waals surface area contributed by atoms with Gasteiger partial charge in [-0.3, -0.25) is 14.9 Å². The number of pyridine rings is 1. The fraction of sp³-hybridized carbons (Fsp3) is 0.250. The van der Waals surface area contributed by atoms with Crippen molar-refractivity contribution < 1.29 is 19.1 Å². The zero-order valence-corrected chi connectivity index (χ0v) is 20.3. The van der Waals surface area contributed by atoms with Crippen LogP contribution in [0, 0.1) is 5.82 Å². The molecule has 1 N–H and O–H groups in total. The minimum Gasteiger partial charge on any atom is -0.545 e. The third-order valence-corrected chi connectivity index (χ3v) is 6.56. The third kappa shape index (κ3) is 4.98. The van der Waals surface area contributed by atoms with Crippen LogP contribution in [0.3, 0.4) is 0 Å². The Labute approximate surface area is 210 Å². The average Bonchev–Trinajstić information content (AvgIpc) is 2.84. The predicted octanol–water partition coefficient (Wildman–Crippen LogP) is 2.01. The Bertz CT molecular complexity index is 1390. The molecule has 4 rings (SSSR count). The number of benzene rings is 2. The van der Waals surface area contributed by atoms with E-state index >= 15 is 4.39 Å². The summed E-state index contributed by atoms with van der Waals surface area (Å²) in [5, 5.41) is 14.8. The molecule has 0 spiro atoms. The first kappa shape index (κ1) is 24.6. The maximum absolute atomic E-state index is 15.0. The number of aromatic carboxylic acids is 1. The highest BCUT2D eigenvalue weighted by Crippen LogP contribution is 2.26. The van der Waals surface area contributed by atoms with Crippen LogP contribution in [-0.4, -0.2) is 52.6 Å². The number of piperazine rings is 1. The highest BCUT2D eigenvalue weighted by Gasteiger charge is 2.24. The van der Waals surface area contributed by atoms with E-state index < -0.39 is 22.8 Å². The summed E-state index contributed by atoms with van der Waals surface area (Å²) in [5.74, 6) is -2.57. The second-order valence-electron chi connectivity index (χ2n) is 8.01. The van der Waals surface area contributed by atoms with Gasteiger partial charge in [0, 0.05) is 54.9 Å². The molecule has 0 unspecified atom stereocenters. The van der Waals surface area contributed by atoms with Crippen LogP contribution in [0.4, 0.5) is 10.1 Å². The normalized spacial score (nSPS) is 13.7. The first-order valence-corrected chi connectivity index (χ1v) is 11.7. The highest BCUT2D eigenvalue weighted by molar-refractivity contribution is 7.80. The van der Waals surface area contributed by atoms with E-state index in [2.05, 4.69) is 5.32 Å². The van der Waals surface area contributed by atoms with Crippen LogP contribution in [0.25, 0.3) is 10.9 Å². The number of fused-ring (bicyclic) bond motifs is 1. The highest BCUT2D eigenvalue weighted by atomic mass is 35.5. The van der Waals surface area contributed by atoms with Gasteiger partial charge >= 0.3 is 0 Å². The third-order valence-electron chi connectivity index (χ3n) is 5.94. The minimum absolute atomic E-state index is 0.0143. The van der Waals surface area contributed by atoms with E-state index in [1.54, 1.807) is 41.8 Å². The molecular weight excluding hydrogens is 495 g/mol. The lowest BCUT2D eigenvalue weighted by molar-refractivity contribution is -0.255. The fourth-order valence-electron chi connectivity index (χ4n) is 4.05. The van der Waals surface area contributed by atoms with Gasteiger partial charge in [-0.1, -0.05) is 11.6 Å². The molecule has 1 aliphatic rings. The lowest BCUT2D eigenvalue weighted by atomic mass is 10.1. The minimum atomic E-state index is -1.60. The topological polar surface area (TPSA) is 97.7 Å². The van der Waals surface area contributed by atoms with Crippen LogP contribution < -0.4 is 20.8 Å². The van der Waals surface area contributed by atoms with Crippen molar-refractivity contribution in [2.24, 2.45) is 0 Å². The predicted molar refractivity (Wildman–Crippen MR) is 133 cm³/mol. The number of carboxylic acids is 1. The summed E-state index contributed by atoms with van der Waals surface area (Å²) in [5.41, 5.74) is -0.114. The van der Waals surface area contributed by atoms with E-state index in [1.165, 1.54) is 6.20 Å². The molecule has 0 aliphatic carbocycles. The molecule has 2 heterocycles. The molecular formula is C24H21ClFN4O4S-. The van der Waals surface area contributed by atoms with Gasteiger partial charge in [0.05, 0.1) is 22.7 Å². The van der Waals surface area contributed by atoms with E-state index in [-0.39, 0.29) is 16.4 Å². The Morgan fingerprint density at radius 2 is 1.80 bits per heavy atom. The summed E-state index contributed by atoms with van der Waals surface area (Å²) < 4.78 is 16.6. The number of aromatic nitrogens is 1. The van der Waals surface area contributed by atoms with Gasteiger partial charge in [-0.2, -0.15) is 0 Å². The Hall–Kier alpha value is -3.50. The molecule has 182 valence electrons. The maximum Gasteiger partial charge on any atom is 0.257 e. The van der Waals surface area contributed by atoms with Crippen molar-refractivity contribution in [2.75, 3.05) is 31.1 Å². The van der Waals surface area contributed by atoms with Gasteiger partial charge in [-0.05, 0) is 55.5 Å². The molecule has 8 nitrogen and oxygen atoms in total. The van der Waals surface area contributed by atoms with Crippen LogP contribution in [0.15, 0.2) is 47.4 Å². The van der Waals surface area contributed by atoms with Crippen molar-refractivity contribution in [3.63, 3.8) is 0 Å². The second kappa shape index (κ2) is 10.0. The van der Waals surface area contributed by atoms with Gasteiger partial charge in [0.15, 0.2) is 10.5 Å². The first-order chi connectivity index (χ1) is 16.7. The van der Waals surface area contributed by atoms with Crippen molar-refractivity contribution in [1.29, 1.82) is 0 Å². The lowest BCUT2D eigenvalue weighted by Gasteiger charge is -2.37. The van der Waals surface area contributed by atoms with Gasteiger partial charge in [0.2, 0.25) is 0 Å². The zero-order chi connectivity index (χ0) is 25.3. The Kier molecular flexibility index (Phi) is 7.04. The van der Waals surface area contributed by atoms with Crippen molar-refractivity contribution in [3.8, 4) is 0 Å². The van der Waals surface area contributed by atoms with E-state index in [9.17, 15) is 19.5 Å². The van der Waals surface area contributed by atoms with Crippen LogP contribution in [0.1, 0.15) is 27.6 Å². The summed E-state index contributed by atoms with van der Waals surface area (Å²) in [6.45, 7) is 3.92. The van der Waals surface area contributed by atoms with Gasteiger partial charge < -0.3 is 24.3 Å². The number of hydrogen-bond acceptors (Lipinski definition) is 6. The summed E-state index contributed by atoms with van der Waals surface area (Å²) in [7, 11) is 0. The van der Waals surface area contributed by atoms with Crippen LogP contribution in [-0.2, 0) is 6.54 Å². The SMILES string of the molecule is CCn1cc(C(=O)[O-])c(=O)c2cc(F)c(N3CCN(C(=S)NC(=O)c4ccc(Cl)cc4)CC3)cc21. The molecule has 0 saturated carbocycles. The number of hydrogen-bond donors (Lipinski definition) is 1. The molecule has 1 aliphatic heterocycles. The van der Waals surface area contributed by atoms with Crippen molar-refractivity contribution in [2.45, 2.75) is 13.5 Å². The van der Waals surface area contributed by atoms with Gasteiger partial charge in [-0.25, -0.2) is 4.39 Å². The van der Waals surface area contributed by atoms with E-state index in [1.807, 2.05) is 9.80 Å². The molecule has 35 heavy (non-hydrogen) atoms. The maximum atomic E-state index is 15.0. The number of carbonyl (C=O) groups is 2. The molecule has 0 atom stereocenters. The Morgan fingerprint density at radius 1 is 1.14 bits per heavy atom. The van der Waals surface area contributed by atoms with Crippen molar-refractivity contribution in [1.82, 2.24) is 14.8 Å². The lowest BCUT2D eigenvalue weighted by Crippen LogP contribution is -2.52. The summed E-state index contributed by atoms with van der Waals surface area (Å²) in [4.78, 5) is 39.9.